The molecule has 0 N–H and O–H groups in total. The maximum absolute atomic E-state index is 11.9. The van der Waals surface area contributed by atoms with Crippen LogP contribution in [0.25, 0.3) is 0 Å². The van der Waals surface area contributed by atoms with Gasteiger partial charge in [0.05, 0.1) is 22.9 Å². The molecule has 0 aliphatic carbocycles. The molecule has 1 heterocycles. The first-order valence-corrected chi connectivity index (χ1v) is 7.81. The first kappa shape index (κ1) is 16.7. The molecule has 1 fully saturated rings. The van der Waals surface area contributed by atoms with Gasteiger partial charge in [-0.15, -0.1) is 0 Å². The van der Waals surface area contributed by atoms with Crippen molar-refractivity contribution in [3.8, 4) is 0 Å². The van der Waals surface area contributed by atoms with E-state index in [0.717, 1.165) is 25.7 Å². The second-order valence-corrected chi connectivity index (χ2v) is 5.89. The number of methoxy groups -OCH3 is 1. The van der Waals surface area contributed by atoms with Gasteiger partial charge in [-0.1, -0.05) is 13.3 Å². The minimum absolute atomic E-state index is 0.0401. The van der Waals surface area contributed by atoms with Gasteiger partial charge in [0.1, 0.15) is 6.61 Å². The highest BCUT2D eigenvalue weighted by Gasteiger charge is 2.27. The van der Waals surface area contributed by atoms with Gasteiger partial charge in [-0.2, -0.15) is 0 Å². The van der Waals surface area contributed by atoms with Gasteiger partial charge in [0, 0.05) is 32.7 Å². The summed E-state index contributed by atoms with van der Waals surface area (Å²) >= 11 is 2.12. The lowest BCUT2D eigenvalue weighted by molar-refractivity contribution is -0.136. The molecule has 19 heavy (non-hydrogen) atoms. The van der Waals surface area contributed by atoms with Crippen molar-refractivity contribution in [2.24, 2.45) is 0 Å². The maximum atomic E-state index is 11.9. The Balaban J connectivity index is 2.36. The fraction of sp³-hybridized carbons (Fsp3) is 0.846. The first-order valence-electron chi connectivity index (χ1n) is 6.84. The third-order valence-electron chi connectivity index (χ3n) is 3.39. The van der Waals surface area contributed by atoms with Crippen molar-refractivity contribution < 1.29 is 14.3 Å². The number of amides is 2. The van der Waals surface area contributed by atoms with Crippen LogP contribution in [-0.2, 0) is 14.3 Å². The quantitative estimate of drug-likeness (QED) is 0.522. The van der Waals surface area contributed by atoms with Gasteiger partial charge < -0.3 is 9.64 Å². The number of halogens is 1. The summed E-state index contributed by atoms with van der Waals surface area (Å²) in [5, 5.41) is 0. The monoisotopic (exact) mass is 382 g/mol. The van der Waals surface area contributed by atoms with Crippen LogP contribution in [0.4, 0.5) is 0 Å². The number of rotatable bonds is 6. The SMILES string of the molecule is CCCCC(=O)N(I)C1CCN(C(=O)COC)CC1. The molecule has 0 spiro atoms. The van der Waals surface area contributed by atoms with Gasteiger partial charge in [0.15, 0.2) is 0 Å². The van der Waals surface area contributed by atoms with Crippen molar-refractivity contribution in [3.63, 3.8) is 0 Å². The minimum atomic E-state index is 0.0401. The highest BCUT2D eigenvalue weighted by atomic mass is 127. The molecule has 1 rings (SSSR count). The molecule has 0 radical (unpaired) electrons. The van der Waals surface area contributed by atoms with Crippen LogP contribution in [0.5, 0.6) is 0 Å². The number of unbranched alkanes of at least 4 members (excludes halogenated alkanes) is 1. The van der Waals surface area contributed by atoms with Crippen LogP contribution in [0.2, 0.25) is 0 Å². The van der Waals surface area contributed by atoms with Crippen LogP contribution in [0.3, 0.4) is 0 Å². The van der Waals surface area contributed by atoms with Crippen molar-refractivity contribution in [2.45, 2.75) is 45.1 Å². The molecule has 5 nitrogen and oxygen atoms in total. The van der Waals surface area contributed by atoms with Crippen LogP contribution < -0.4 is 0 Å². The lowest BCUT2D eigenvalue weighted by Crippen LogP contribution is -2.46. The van der Waals surface area contributed by atoms with E-state index < -0.39 is 0 Å². The van der Waals surface area contributed by atoms with Gasteiger partial charge in [-0.25, -0.2) is 0 Å². The molecule has 1 aliphatic rings. The predicted molar refractivity (Wildman–Crippen MR) is 81.9 cm³/mol. The molecule has 0 bridgehead atoms. The molecule has 0 aromatic rings. The van der Waals surface area contributed by atoms with Gasteiger partial charge in [0.25, 0.3) is 0 Å². The molecular weight excluding hydrogens is 359 g/mol. The highest BCUT2D eigenvalue weighted by molar-refractivity contribution is 14.1. The summed E-state index contributed by atoms with van der Waals surface area (Å²) in [5.74, 6) is 0.252. The van der Waals surface area contributed by atoms with Crippen molar-refractivity contribution in [2.75, 3.05) is 26.8 Å². The zero-order chi connectivity index (χ0) is 14.3. The number of ether oxygens (including phenoxy) is 1. The Morgan fingerprint density at radius 3 is 2.53 bits per heavy atom. The minimum Gasteiger partial charge on any atom is -0.375 e. The average Bonchev–Trinajstić information content (AvgIpc) is 2.44. The largest absolute Gasteiger partial charge is 0.375 e. The van der Waals surface area contributed by atoms with E-state index in [1.165, 1.54) is 7.11 Å². The average molecular weight is 382 g/mol. The first-order chi connectivity index (χ1) is 9.10. The van der Waals surface area contributed by atoms with Gasteiger partial charge >= 0.3 is 0 Å². The summed E-state index contributed by atoms with van der Waals surface area (Å²) in [6.45, 7) is 3.67. The van der Waals surface area contributed by atoms with Crippen LogP contribution >= 0.6 is 22.9 Å². The van der Waals surface area contributed by atoms with E-state index in [1.54, 1.807) is 0 Å². The zero-order valence-electron chi connectivity index (χ0n) is 11.7. The summed E-state index contributed by atoms with van der Waals surface area (Å²) in [4.78, 5) is 25.4. The van der Waals surface area contributed by atoms with E-state index in [4.69, 9.17) is 4.74 Å². The molecule has 0 unspecified atom stereocenters. The highest BCUT2D eigenvalue weighted by Crippen LogP contribution is 2.21. The fourth-order valence-corrected chi connectivity index (χ4v) is 2.99. The number of nitrogens with zero attached hydrogens (tertiary/aromatic N) is 2. The maximum Gasteiger partial charge on any atom is 0.248 e. The van der Waals surface area contributed by atoms with Crippen LogP contribution in [0.15, 0.2) is 0 Å². The molecule has 1 saturated heterocycles. The van der Waals surface area contributed by atoms with Crippen molar-refractivity contribution in [1.82, 2.24) is 8.01 Å². The van der Waals surface area contributed by atoms with Crippen LogP contribution in [0, 0.1) is 0 Å². The molecule has 0 saturated carbocycles. The van der Waals surface area contributed by atoms with E-state index in [0.29, 0.717) is 19.5 Å². The van der Waals surface area contributed by atoms with Crippen LogP contribution in [-0.4, -0.2) is 52.7 Å². The van der Waals surface area contributed by atoms with E-state index in [-0.39, 0.29) is 24.5 Å². The van der Waals surface area contributed by atoms with Crippen molar-refractivity contribution in [1.29, 1.82) is 0 Å². The van der Waals surface area contributed by atoms with Crippen molar-refractivity contribution >= 4 is 34.7 Å². The van der Waals surface area contributed by atoms with E-state index in [1.807, 2.05) is 8.01 Å². The second-order valence-electron chi connectivity index (χ2n) is 4.85. The molecule has 6 heteroatoms. The summed E-state index contributed by atoms with van der Waals surface area (Å²) < 4.78 is 6.70. The molecule has 2 amide bonds. The zero-order valence-corrected chi connectivity index (χ0v) is 13.9. The fourth-order valence-electron chi connectivity index (χ4n) is 2.20. The third kappa shape index (κ3) is 5.25. The Bertz CT molecular complexity index is 304. The second kappa shape index (κ2) is 8.73. The molecule has 110 valence electrons. The normalized spacial score (nSPS) is 16.5. The Morgan fingerprint density at radius 2 is 2.00 bits per heavy atom. The number of hydrogen-bond donors (Lipinski definition) is 0. The van der Waals surface area contributed by atoms with E-state index in [9.17, 15) is 9.59 Å². The molecule has 1 aliphatic heterocycles. The Labute approximate surface area is 129 Å². The topological polar surface area (TPSA) is 49.9 Å². The standard InChI is InChI=1S/C13H23IN2O3/c1-3-4-5-12(17)16(14)11-6-8-15(9-7-11)13(18)10-19-2/h11H,3-10H2,1-2H3. The number of hydrogen-bond acceptors (Lipinski definition) is 3. The predicted octanol–water partition coefficient (Wildman–Crippen LogP) is 1.99. The van der Waals surface area contributed by atoms with Crippen LogP contribution in [0.1, 0.15) is 39.0 Å². The lowest BCUT2D eigenvalue weighted by atomic mass is 10.0. The number of carbonyl (C=O) groups excluding carboxylic acids is 2. The van der Waals surface area contributed by atoms with Gasteiger partial charge in [-0.3, -0.25) is 12.7 Å². The lowest BCUT2D eigenvalue weighted by Gasteiger charge is -2.35. The molecule has 0 aromatic heterocycles. The summed E-state index contributed by atoms with van der Waals surface area (Å²) in [7, 11) is 1.53. The van der Waals surface area contributed by atoms with Gasteiger partial charge in [0.2, 0.25) is 11.8 Å². The number of likely N-dealkylation sites (tertiary alicyclic amines) is 1. The number of piperidine rings is 1. The number of carbonyl (C=O) groups is 2. The molecule has 0 atom stereocenters. The van der Waals surface area contributed by atoms with Crippen molar-refractivity contribution in [3.05, 3.63) is 0 Å². The van der Waals surface area contributed by atoms with Gasteiger partial charge in [-0.05, 0) is 19.3 Å². The summed E-state index contributed by atoms with van der Waals surface area (Å²) in [5.41, 5.74) is 0. The van der Waals surface area contributed by atoms with E-state index >= 15 is 0 Å². The summed E-state index contributed by atoms with van der Waals surface area (Å²) in [6, 6.07) is 0.261. The Morgan fingerprint density at radius 1 is 1.37 bits per heavy atom. The Kier molecular flexibility index (Phi) is 7.67. The summed E-state index contributed by atoms with van der Waals surface area (Å²) in [6.07, 6.45) is 4.33. The molecular formula is C13H23IN2O3. The Hall–Kier alpha value is -0.370. The molecule has 0 aromatic carbocycles. The smallest absolute Gasteiger partial charge is 0.248 e. The third-order valence-corrected chi connectivity index (χ3v) is 4.71. The van der Waals surface area contributed by atoms with E-state index in [2.05, 4.69) is 29.8 Å².